The van der Waals surface area contributed by atoms with Crippen molar-refractivity contribution in [2.24, 2.45) is 5.10 Å². The third-order valence-electron chi connectivity index (χ3n) is 4.62. The van der Waals surface area contributed by atoms with Crippen molar-refractivity contribution < 1.29 is 42.0 Å². The first-order valence-electron chi connectivity index (χ1n) is 9.64. The number of ether oxygens (including phenoxy) is 1. The summed E-state index contributed by atoms with van der Waals surface area (Å²) in [4.78, 5) is 25.7. The van der Waals surface area contributed by atoms with Crippen molar-refractivity contribution in [2.45, 2.75) is 38.3 Å². The Balaban J connectivity index is 2.08. The first-order chi connectivity index (χ1) is 15.8. The lowest BCUT2D eigenvalue weighted by atomic mass is 9.98. The predicted molar refractivity (Wildman–Crippen MR) is 109 cm³/mol. The highest BCUT2D eigenvalue weighted by Gasteiger charge is 2.49. The topological polar surface area (TPSA) is 122 Å². The van der Waals surface area contributed by atoms with Gasteiger partial charge in [-0.1, -0.05) is 5.10 Å². The Hall–Kier alpha value is -3.65. The van der Waals surface area contributed by atoms with Crippen LogP contribution in [0.25, 0.3) is 17.0 Å². The van der Waals surface area contributed by atoms with Gasteiger partial charge in [0.05, 0.1) is 11.3 Å². The average molecular weight is 488 g/mol. The second kappa shape index (κ2) is 9.30. The lowest BCUT2D eigenvalue weighted by Crippen LogP contribution is -2.69. The maximum Gasteiger partial charge on any atom is 0.411 e. The molecule has 14 heteroatoms. The van der Waals surface area contributed by atoms with E-state index in [4.69, 9.17) is 0 Å². The quantitative estimate of drug-likeness (QED) is 0.401. The summed E-state index contributed by atoms with van der Waals surface area (Å²) in [5.41, 5.74) is -2.44. The highest BCUT2D eigenvalue weighted by atomic mass is 19.4. The first-order valence-corrected chi connectivity index (χ1v) is 9.64. The van der Waals surface area contributed by atoms with Crippen LogP contribution < -0.4 is 21.0 Å². The van der Waals surface area contributed by atoms with Crippen LogP contribution in [0.5, 0.6) is 5.75 Å². The summed E-state index contributed by atoms with van der Waals surface area (Å²) >= 11 is 0. The minimum Gasteiger partial charge on any atom is -0.435 e. The van der Waals surface area contributed by atoms with E-state index in [1.807, 2.05) is 0 Å². The van der Waals surface area contributed by atoms with Crippen LogP contribution in [0, 0.1) is 0 Å². The number of nitrogens with two attached hydrogens (primary N) is 1. The van der Waals surface area contributed by atoms with Crippen molar-refractivity contribution in [3.05, 3.63) is 52.4 Å². The van der Waals surface area contributed by atoms with Crippen LogP contribution in [0.4, 0.5) is 22.0 Å². The molecule has 9 nitrogen and oxygen atoms in total. The molecule has 0 fully saturated rings. The summed E-state index contributed by atoms with van der Waals surface area (Å²) in [6, 6.07) is 3.30. The molecular formula is C20H19F5N5O4+. The fraction of sp³-hybridized carbons (Fsp3) is 0.300. The van der Waals surface area contributed by atoms with Crippen LogP contribution in [-0.4, -0.2) is 51.4 Å². The van der Waals surface area contributed by atoms with Gasteiger partial charge in [0.1, 0.15) is 29.4 Å². The van der Waals surface area contributed by atoms with Crippen molar-refractivity contribution in [3.63, 3.8) is 0 Å². The number of carbonyl (C=O) groups excluding carboxylic acids is 1. The molecule has 0 spiro atoms. The molecule has 0 radical (unpaired) electrons. The van der Waals surface area contributed by atoms with E-state index >= 15 is 0 Å². The number of rotatable bonds is 7. The molecule has 1 aromatic heterocycles. The molecule has 4 N–H and O–H groups in total. The van der Waals surface area contributed by atoms with Crippen LogP contribution in [0.1, 0.15) is 24.2 Å². The molecule has 1 aliphatic rings. The molecule has 0 saturated carbocycles. The summed E-state index contributed by atoms with van der Waals surface area (Å²) in [5.74, 6) is -1.56. The Kier molecular flexibility index (Phi) is 6.84. The number of alkyl halides is 5. The van der Waals surface area contributed by atoms with Crippen molar-refractivity contribution in [1.29, 1.82) is 0 Å². The number of halogens is 5. The maximum absolute atomic E-state index is 13.4. The number of nitrogens with one attached hydrogen (secondary N) is 1. The SMILES string of the molecule is CC(C)(O)C(NC(=O)c1cc(-c2ccc(OC(F)F)cc2)nn(C2=C[NH2+]N=C2)c1=O)C(F)(F)F. The molecule has 2 aromatic rings. The van der Waals surface area contributed by atoms with Gasteiger partial charge in [-0.25, -0.2) is 0 Å². The van der Waals surface area contributed by atoms with Gasteiger partial charge in [-0.3, -0.25) is 9.59 Å². The molecule has 1 amide bonds. The van der Waals surface area contributed by atoms with Gasteiger partial charge in [0.15, 0.2) is 6.04 Å². The third-order valence-corrected chi connectivity index (χ3v) is 4.62. The van der Waals surface area contributed by atoms with Gasteiger partial charge >= 0.3 is 12.8 Å². The molecular weight excluding hydrogens is 469 g/mol. The van der Waals surface area contributed by atoms with E-state index < -0.39 is 41.5 Å². The van der Waals surface area contributed by atoms with Crippen LogP contribution in [0.15, 0.2) is 46.4 Å². The second-order valence-electron chi connectivity index (χ2n) is 7.68. The number of hydrogen-bond acceptors (Lipinski definition) is 6. The molecule has 182 valence electrons. The molecule has 0 bridgehead atoms. The highest BCUT2D eigenvalue weighted by Crippen LogP contribution is 2.28. The van der Waals surface area contributed by atoms with Crippen molar-refractivity contribution in [2.75, 3.05) is 0 Å². The number of nitrogens with zero attached hydrogens (tertiary/aromatic N) is 3. The monoisotopic (exact) mass is 488 g/mol. The predicted octanol–water partition coefficient (Wildman–Crippen LogP) is 1.30. The minimum atomic E-state index is -5.01. The zero-order valence-electron chi connectivity index (χ0n) is 17.7. The number of aromatic nitrogens is 2. The number of benzene rings is 1. The highest BCUT2D eigenvalue weighted by molar-refractivity contribution is 6.02. The van der Waals surface area contributed by atoms with Gasteiger partial charge in [-0.2, -0.15) is 37.2 Å². The molecule has 0 saturated heterocycles. The van der Waals surface area contributed by atoms with Crippen LogP contribution in [-0.2, 0) is 0 Å². The van der Waals surface area contributed by atoms with Crippen LogP contribution in [0.3, 0.4) is 0 Å². The molecule has 0 aliphatic carbocycles. The number of hydrogen-bond donors (Lipinski definition) is 3. The summed E-state index contributed by atoms with van der Waals surface area (Å²) in [6.45, 7) is -1.33. The van der Waals surface area contributed by atoms with Gasteiger partial charge in [-0.05, 0) is 44.2 Å². The summed E-state index contributed by atoms with van der Waals surface area (Å²) in [5, 5.41) is 19.5. The number of amides is 1. The Bertz CT molecular complexity index is 1170. The molecule has 1 aliphatic heterocycles. The molecule has 34 heavy (non-hydrogen) atoms. The first kappa shape index (κ1) is 25.0. The number of carbonyl (C=O) groups is 1. The van der Waals surface area contributed by atoms with Gasteiger partial charge in [0, 0.05) is 5.56 Å². The normalized spacial score (nSPS) is 14.8. The summed E-state index contributed by atoms with van der Waals surface area (Å²) < 4.78 is 70.1. The Morgan fingerprint density at radius 2 is 1.85 bits per heavy atom. The Labute approximate surface area is 188 Å². The zero-order chi connectivity index (χ0) is 25.3. The zero-order valence-corrected chi connectivity index (χ0v) is 17.7. The van der Waals surface area contributed by atoms with Crippen molar-refractivity contribution in [3.8, 4) is 17.0 Å². The lowest BCUT2D eigenvalue weighted by molar-refractivity contribution is -0.589. The second-order valence-corrected chi connectivity index (χ2v) is 7.68. The van der Waals surface area contributed by atoms with E-state index in [1.165, 1.54) is 42.1 Å². The summed E-state index contributed by atoms with van der Waals surface area (Å²) in [7, 11) is 0. The fourth-order valence-corrected chi connectivity index (χ4v) is 3.06. The third kappa shape index (κ3) is 5.63. The van der Waals surface area contributed by atoms with E-state index in [0.717, 1.165) is 24.6 Å². The van der Waals surface area contributed by atoms with E-state index in [0.29, 0.717) is 0 Å². The molecule has 3 rings (SSSR count). The number of allylic oxidation sites excluding steroid dienone is 1. The van der Waals surface area contributed by atoms with Gasteiger partial charge in [-0.15, -0.1) is 0 Å². The Morgan fingerprint density at radius 3 is 2.35 bits per heavy atom. The van der Waals surface area contributed by atoms with Crippen molar-refractivity contribution >= 4 is 17.8 Å². The van der Waals surface area contributed by atoms with E-state index in [-0.39, 0.29) is 22.7 Å². The largest absolute Gasteiger partial charge is 0.435 e. The van der Waals surface area contributed by atoms with E-state index in [1.54, 1.807) is 5.32 Å². The van der Waals surface area contributed by atoms with E-state index in [2.05, 4.69) is 14.9 Å². The number of quaternary nitrogens is 1. The smallest absolute Gasteiger partial charge is 0.411 e. The Morgan fingerprint density at radius 1 is 1.21 bits per heavy atom. The lowest BCUT2D eigenvalue weighted by Gasteiger charge is -2.31. The molecule has 1 atom stereocenters. The maximum atomic E-state index is 13.4. The summed E-state index contributed by atoms with van der Waals surface area (Å²) in [6.07, 6.45) is -2.39. The average Bonchev–Trinajstić information content (AvgIpc) is 3.25. The number of aliphatic hydroxyl groups is 1. The van der Waals surface area contributed by atoms with Gasteiger partial charge in [0.25, 0.3) is 11.5 Å². The molecule has 1 aromatic carbocycles. The van der Waals surface area contributed by atoms with Crippen molar-refractivity contribution in [1.82, 2.24) is 15.1 Å². The molecule has 2 heterocycles. The van der Waals surface area contributed by atoms with Crippen LogP contribution >= 0.6 is 0 Å². The van der Waals surface area contributed by atoms with Gasteiger partial charge in [0.2, 0.25) is 0 Å². The van der Waals surface area contributed by atoms with Crippen LogP contribution in [0.2, 0.25) is 0 Å². The van der Waals surface area contributed by atoms with E-state index in [9.17, 15) is 36.6 Å². The fourth-order valence-electron chi connectivity index (χ4n) is 3.06. The minimum absolute atomic E-state index is 0.0265. The standard InChI is InChI=1S/C20H18F5N5O4/c1-19(2,33)17(20(23,24)25)28-15(31)13-7-14(10-3-5-12(6-4-10)34-18(21)22)29-30(16(13)32)11-8-26-27-9-11/h3-9,17-18,33H,1-2H3,(H,26,27)(H,28,31)/p+1. The van der Waals surface area contributed by atoms with Gasteiger partial charge < -0.3 is 15.2 Å². The molecule has 1 unspecified atom stereocenters.